The van der Waals surface area contributed by atoms with Crippen LogP contribution in [0.2, 0.25) is 0 Å². The summed E-state index contributed by atoms with van der Waals surface area (Å²) >= 11 is 0. The second kappa shape index (κ2) is 10.2. The molecule has 0 aliphatic carbocycles. The Kier molecular flexibility index (Phi) is 7.99. The predicted octanol–water partition coefficient (Wildman–Crippen LogP) is 3.48. The van der Waals surface area contributed by atoms with Crippen LogP contribution in [-0.2, 0) is 16.0 Å². The van der Waals surface area contributed by atoms with Crippen molar-refractivity contribution >= 4 is 5.91 Å². The highest BCUT2D eigenvalue weighted by Crippen LogP contribution is 2.17. The molecule has 0 N–H and O–H groups in total. The summed E-state index contributed by atoms with van der Waals surface area (Å²) in [6, 6.07) is 11.1. The van der Waals surface area contributed by atoms with Crippen molar-refractivity contribution in [2.45, 2.75) is 52.1 Å². The lowest BCUT2D eigenvalue weighted by Gasteiger charge is -2.44. The summed E-state index contributed by atoms with van der Waals surface area (Å²) in [5.41, 5.74) is 1.40. The molecule has 1 fully saturated rings. The predicted molar refractivity (Wildman–Crippen MR) is 102 cm³/mol. The number of carbonyl (C=O) groups excluding carboxylic acids is 1. The third-order valence-corrected chi connectivity index (χ3v) is 4.66. The number of aryl methyl sites for hydroxylation is 1. The normalized spacial score (nSPS) is 21.6. The van der Waals surface area contributed by atoms with E-state index in [0.29, 0.717) is 6.61 Å². The van der Waals surface area contributed by atoms with Crippen LogP contribution < -0.4 is 0 Å². The van der Waals surface area contributed by atoms with Crippen molar-refractivity contribution in [3.63, 3.8) is 0 Å². The molecule has 1 saturated heterocycles. The molecule has 2 atom stereocenters. The van der Waals surface area contributed by atoms with Gasteiger partial charge in [-0.3, -0.25) is 9.69 Å². The molecule has 0 saturated carbocycles. The lowest BCUT2D eigenvalue weighted by atomic mass is 10.1. The summed E-state index contributed by atoms with van der Waals surface area (Å²) in [5, 5.41) is 0. The Morgan fingerprint density at radius 3 is 2.52 bits per heavy atom. The summed E-state index contributed by atoms with van der Waals surface area (Å²) in [7, 11) is 0. The lowest BCUT2D eigenvalue weighted by Crippen LogP contribution is -2.58. The maximum atomic E-state index is 12.4. The van der Waals surface area contributed by atoms with Crippen molar-refractivity contribution < 1.29 is 9.53 Å². The van der Waals surface area contributed by atoms with E-state index in [-0.39, 0.29) is 18.0 Å². The molecule has 0 spiro atoms. The molecule has 1 heterocycles. The molecular formula is C21H32N2O2. The molecule has 2 rings (SSSR count). The molecule has 2 unspecified atom stereocenters. The number of rotatable bonds is 8. The van der Waals surface area contributed by atoms with Crippen molar-refractivity contribution in [1.29, 1.82) is 0 Å². The van der Waals surface area contributed by atoms with Gasteiger partial charge in [0.1, 0.15) is 0 Å². The molecule has 4 nitrogen and oxygen atoms in total. The summed E-state index contributed by atoms with van der Waals surface area (Å²) in [4.78, 5) is 16.9. The number of amides is 1. The van der Waals surface area contributed by atoms with Gasteiger partial charge in [0.2, 0.25) is 5.91 Å². The SMILES string of the molecule is CCCOC=CC(=O)N1C(C)CN(CCCc2ccccc2)CC1C. The van der Waals surface area contributed by atoms with Crippen molar-refractivity contribution in [2.24, 2.45) is 0 Å². The quantitative estimate of drug-likeness (QED) is 0.411. The number of hydrogen-bond donors (Lipinski definition) is 0. The summed E-state index contributed by atoms with van der Waals surface area (Å²) < 4.78 is 5.29. The van der Waals surface area contributed by atoms with E-state index in [4.69, 9.17) is 4.74 Å². The monoisotopic (exact) mass is 344 g/mol. The third-order valence-electron chi connectivity index (χ3n) is 4.66. The molecule has 0 aromatic heterocycles. The highest BCUT2D eigenvalue weighted by atomic mass is 16.5. The van der Waals surface area contributed by atoms with Crippen LogP contribution in [0, 0.1) is 0 Å². The average molecular weight is 344 g/mol. The minimum Gasteiger partial charge on any atom is -0.501 e. The molecule has 0 radical (unpaired) electrons. The Bertz CT molecular complexity index is 532. The van der Waals surface area contributed by atoms with Crippen LogP contribution in [0.15, 0.2) is 42.7 Å². The lowest BCUT2D eigenvalue weighted by molar-refractivity contribution is -0.133. The largest absolute Gasteiger partial charge is 0.501 e. The molecule has 1 amide bonds. The van der Waals surface area contributed by atoms with Gasteiger partial charge < -0.3 is 9.64 Å². The van der Waals surface area contributed by atoms with Crippen LogP contribution in [0.1, 0.15) is 39.2 Å². The van der Waals surface area contributed by atoms with Crippen LogP contribution in [0.3, 0.4) is 0 Å². The van der Waals surface area contributed by atoms with Gasteiger partial charge >= 0.3 is 0 Å². The van der Waals surface area contributed by atoms with Gasteiger partial charge in [-0.05, 0) is 45.2 Å². The topological polar surface area (TPSA) is 32.8 Å². The molecule has 1 aromatic carbocycles. The van der Waals surface area contributed by atoms with Crippen LogP contribution in [0.5, 0.6) is 0 Å². The third kappa shape index (κ3) is 6.20. The number of piperazine rings is 1. The van der Waals surface area contributed by atoms with Crippen LogP contribution in [-0.4, -0.2) is 54.0 Å². The second-order valence-electron chi connectivity index (χ2n) is 6.97. The van der Waals surface area contributed by atoms with Crippen LogP contribution in [0.25, 0.3) is 0 Å². The molecule has 1 aliphatic rings. The van der Waals surface area contributed by atoms with Gasteiger partial charge in [0.05, 0.1) is 12.9 Å². The average Bonchev–Trinajstić information content (AvgIpc) is 2.59. The zero-order valence-electron chi connectivity index (χ0n) is 15.9. The van der Waals surface area contributed by atoms with Gasteiger partial charge in [0.25, 0.3) is 0 Å². The van der Waals surface area contributed by atoms with Gasteiger partial charge in [0, 0.05) is 31.2 Å². The first kappa shape index (κ1) is 19.5. The van der Waals surface area contributed by atoms with E-state index in [1.165, 1.54) is 11.8 Å². The van der Waals surface area contributed by atoms with E-state index < -0.39 is 0 Å². The van der Waals surface area contributed by atoms with Crippen molar-refractivity contribution in [3.05, 3.63) is 48.2 Å². The van der Waals surface area contributed by atoms with Gasteiger partial charge in [-0.25, -0.2) is 0 Å². The molecule has 4 heteroatoms. The molecular weight excluding hydrogens is 312 g/mol. The van der Waals surface area contributed by atoms with E-state index in [2.05, 4.69) is 56.0 Å². The fourth-order valence-corrected chi connectivity index (χ4v) is 3.58. The minimum atomic E-state index is 0.0556. The highest BCUT2D eigenvalue weighted by molar-refractivity contribution is 5.88. The van der Waals surface area contributed by atoms with Crippen LogP contribution in [0.4, 0.5) is 0 Å². The van der Waals surface area contributed by atoms with Gasteiger partial charge in [-0.1, -0.05) is 37.3 Å². The first-order valence-electron chi connectivity index (χ1n) is 9.48. The molecule has 138 valence electrons. The Labute approximate surface area is 152 Å². The second-order valence-corrected chi connectivity index (χ2v) is 6.97. The number of hydrogen-bond acceptors (Lipinski definition) is 3. The van der Waals surface area contributed by atoms with Crippen molar-refractivity contribution in [1.82, 2.24) is 9.80 Å². The van der Waals surface area contributed by atoms with Crippen molar-refractivity contribution in [2.75, 3.05) is 26.2 Å². The Hall–Kier alpha value is -1.81. The summed E-state index contributed by atoms with van der Waals surface area (Å²) in [6.45, 7) is 9.95. The minimum absolute atomic E-state index is 0.0556. The molecule has 1 aromatic rings. The zero-order chi connectivity index (χ0) is 18.1. The van der Waals surface area contributed by atoms with E-state index in [1.807, 2.05) is 4.90 Å². The molecule has 0 bridgehead atoms. The number of benzene rings is 1. The van der Waals surface area contributed by atoms with Gasteiger partial charge in [0.15, 0.2) is 0 Å². The number of ether oxygens (including phenoxy) is 1. The van der Waals surface area contributed by atoms with Gasteiger partial charge in [-0.15, -0.1) is 0 Å². The van der Waals surface area contributed by atoms with E-state index in [0.717, 1.165) is 38.9 Å². The van der Waals surface area contributed by atoms with E-state index in [1.54, 1.807) is 6.08 Å². The zero-order valence-corrected chi connectivity index (χ0v) is 15.9. The first-order valence-corrected chi connectivity index (χ1v) is 9.48. The standard InChI is InChI=1S/C21H32N2O2/c1-4-14-25-15-12-21(24)23-18(2)16-22(17-19(23)3)13-8-11-20-9-6-5-7-10-20/h5-7,9-10,12,15,18-19H,4,8,11,13-14,16-17H2,1-3H3. The number of nitrogens with zero attached hydrogens (tertiary/aromatic N) is 2. The summed E-state index contributed by atoms with van der Waals surface area (Å²) in [5.74, 6) is 0.0556. The number of carbonyl (C=O) groups is 1. The fourth-order valence-electron chi connectivity index (χ4n) is 3.58. The van der Waals surface area contributed by atoms with Crippen molar-refractivity contribution in [3.8, 4) is 0 Å². The maximum absolute atomic E-state index is 12.4. The molecule has 25 heavy (non-hydrogen) atoms. The smallest absolute Gasteiger partial charge is 0.250 e. The van der Waals surface area contributed by atoms with E-state index in [9.17, 15) is 4.79 Å². The van der Waals surface area contributed by atoms with Crippen LogP contribution >= 0.6 is 0 Å². The highest BCUT2D eigenvalue weighted by Gasteiger charge is 2.31. The Morgan fingerprint density at radius 1 is 1.20 bits per heavy atom. The first-order chi connectivity index (χ1) is 12.1. The maximum Gasteiger partial charge on any atom is 0.250 e. The Balaban J connectivity index is 1.78. The Morgan fingerprint density at radius 2 is 1.88 bits per heavy atom. The summed E-state index contributed by atoms with van der Waals surface area (Å²) in [6.07, 6.45) is 6.32. The molecule has 1 aliphatic heterocycles. The van der Waals surface area contributed by atoms with Gasteiger partial charge in [-0.2, -0.15) is 0 Å². The fraction of sp³-hybridized carbons (Fsp3) is 0.571. The van der Waals surface area contributed by atoms with E-state index >= 15 is 0 Å².